The summed E-state index contributed by atoms with van der Waals surface area (Å²) in [4.78, 5) is 18.0. The van der Waals surface area contributed by atoms with Crippen LogP contribution >= 0.6 is 16.5 Å². The van der Waals surface area contributed by atoms with Gasteiger partial charge in [0, 0.05) is 5.41 Å². The van der Waals surface area contributed by atoms with Gasteiger partial charge in [-0.25, -0.2) is 0 Å². The van der Waals surface area contributed by atoms with Crippen molar-refractivity contribution in [1.82, 2.24) is 0 Å². The van der Waals surface area contributed by atoms with E-state index in [2.05, 4.69) is 0 Å². The van der Waals surface area contributed by atoms with Crippen LogP contribution in [-0.4, -0.2) is 22.0 Å². The summed E-state index contributed by atoms with van der Waals surface area (Å²) in [6, 6.07) is 0. The monoisotopic (exact) mass is 330 g/mol. The minimum Gasteiger partial charge on any atom is -0.326 e. The molecule has 8 heteroatoms. The van der Waals surface area contributed by atoms with Gasteiger partial charge in [-0.1, -0.05) is 27.7 Å². The Morgan fingerprint density at radius 2 is 1.40 bits per heavy atom. The maximum atomic E-state index is 11.2. The molecular formula is C12H28O6P2. The quantitative estimate of drug-likeness (QED) is 0.563. The molecule has 0 heterocycles. The van der Waals surface area contributed by atoms with Gasteiger partial charge >= 0.3 is 16.5 Å². The Labute approximate surface area is 122 Å². The van der Waals surface area contributed by atoms with Crippen LogP contribution in [0.5, 0.6) is 0 Å². The van der Waals surface area contributed by atoms with E-state index in [4.69, 9.17) is 13.9 Å². The van der Waals surface area contributed by atoms with Gasteiger partial charge in [0.1, 0.15) is 0 Å². The molecule has 0 aliphatic rings. The second kappa shape index (κ2) is 9.34. The molecule has 0 saturated carbocycles. The summed E-state index contributed by atoms with van der Waals surface area (Å²) in [6.45, 7) is 8.02. The molecule has 0 aliphatic carbocycles. The predicted molar refractivity (Wildman–Crippen MR) is 80.4 cm³/mol. The Bertz CT molecular complexity index is 326. The van der Waals surface area contributed by atoms with E-state index in [1.54, 1.807) is 0 Å². The summed E-state index contributed by atoms with van der Waals surface area (Å²) in [5, 5.41) is 0. The van der Waals surface area contributed by atoms with Crippen LogP contribution in [0, 0.1) is 5.41 Å². The largest absolute Gasteiger partial charge is 0.326 e. The molecule has 0 aromatic heterocycles. The molecule has 0 aliphatic heterocycles. The van der Waals surface area contributed by atoms with Crippen molar-refractivity contribution in [1.29, 1.82) is 0 Å². The minimum atomic E-state index is -3.05. The highest BCUT2D eigenvalue weighted by molar-refractivity contribution is 7.32. The third kappa shape index (κ3) is 4.94. The molecule has 2 atom stereocenters. The minimum absolute atomic E-state index is 0.146. The maximum Gasteiger partial charge on any atom is 0.317 e. The van der Waals surface area contributed by atoms with E-state index >= 15 is 0 Å². The fourth-order valence-corrected chi connectivity index (χ4v) is 4.35. The smallest absolute Gasteiger partial charge is 0.317 e. The molecule has 2 unspecified atom stereocenters. The molecule has 0 bridgehead atoms. The topological polar surface area (TPSA) is 93.1 Å². The summed E-state index contributed by atoms with van der Waals surface area (Å²) in [6.07, 6.45) is 3.23. The molecule has 0 radical (unpaired) electrons. The van der Waals surface area contributed by atoms with E-state index in [9.17, 15) is 14.0 Å². The van der Waals surface area contributed by atoms with Gasteiger partial charge in [0.2, 0.25) is 0 Å². The normalized spacial score (nSPS) is 16.1. The number of hydrogen-bond acceptors (Lipinski definition) is 4. The van der Waals surface area contributed by atoms with E-state index in [1.807, 2.05) is 27.7 Å². The van der Waals surface area contributed by atoms with Gasteiger partial charge in [-0.15, -0.1) is 0 Å². The molecule has 0 rings (SSSR count). The van der Waals surface area contributed by atoms with Crippen LogP contribution in [0.3, 0.4) is 0 Å². The summed E-state index contributed by atoms with van der Waals surface area (Å²) in [5.74, 6) is 0. The lowest BCUT2D eigenvalue weighted by molar-refractivity contribution is -0.0853. The van der Waals surface area contributed by atoms with Crippen LogP contribution in [-0.2, 0) is 18.2 Å². The lowest BCUT2D eigenvalue weighted by Crippen LogP contribution is -2.48. The van der Waals surface area contributed by atoms with Crippen LogP contribution in [0.4, 0.5) is 0 Å². The molecular weight excluding hydrogens is 302 g/mol. The third-order valence-electron chi connectivity index (χ3n) is 4.55. The predicted octanol–water partition coefficient (Wildman–Crippen LogP) is 3.54. The molecule has 0 spiro atoms. The van der Waals surface area contributed by atoms with Crippen LogP contribution < -0.4 is 0 Å². The van der Waals surface area contributed by atoms with Gasteiger partial charge in [0.05, 0.1) is 12.2 Å². The molecule has 0 saturated heterocycles. The van der Waals surface area contributed by atoms with Crippen molar-refractivity contribution in [2.75, 3.05) is 6.61 Å². The van der Waals surface area contributed by atoms with Crippen LogP contribution in [0.1, 0.15) is 59.8 Å². The lowest BCUT2D eigenvalue weighted by atomic mass is 9.64. The SMILES string of the molecule is CCC(CC)(CCO[PH](=O)O)C(CC)(CC)O[PH](=O)O. The summed E-state index contributed by atoms with van der Waals surface area (Å²) < 4.78 is 32.2. The van der Waals surface area contributed by atoms with E-state index in [-0.39, 0.29) is 12.0 Å². The van der Waals surface area contributed by atoms with Crippen LogP contribution in [0.15, 0.2) is 0 Å². The zero-order valence-corrected chi connectivity index (χ0v) is 14.8. The Hall–Kier alpha value is 0.300. The number of rotatable bonds is 11. The van der Waals surface area contributed by atoms with E-state index < -0.39 is 22.1 Å². The van der Waals surface area contributed by atoms with Crippen molar-refractivity contribution in [3.05, 3.63) is 0 Å². The zero-order valence-electron chi connectivity index (χ0n) is 12.8. The summed E-state index contributed by atoms with van der Waals surface area (Å²) >= 11 is 0. The zero-order chi connectivity index (χ0) is 15.8. The highest BCUT2D eigenvalue weighted by Crippen LogP contribution is 2.51. The van der Waals surface area contributed by atoms with Crippen molar-refractivity contribution in [2.24, 2.45) is 5.41 Å². The van der Waals surface area contributed by atoms with Crippen LogP contribution in [0.25, 0.3) is 0 Å². The van der Waals surface area contributed by atoms with E-state index in [0.717, 1.165) is 12.8 Å². The first-order valence-corrected chi connectivity index (χ1v) is 9.63. The fraction of sp³-hybridized carbons (Fsp3) is 1.00. The second-order valence-electron chi connectivity index (χ2n) is 4.92. The Balaban J connectivity index is 5.32. The van der Waals surface area contributed by atoms with Crippen molar-refractivity contribution < 1.29 is 28.0 Å². The van der Waals surface area contributed by atoms with Gasteiger partial charge in [-0.2, -0.15) is 0 Å². The van der Waals surface area contributed by atoms with Gasteiger partial charge in [0.15, 0.2) is 0 Å². The average Bonchev–Trinajstić information content (AvgIpc) is 2.41. The van der Waals surface area contributed by atoms with Gasteiger partial charge < -0.3 is 18.8 Å². The Kier molecular flexibility index (Phi) is 9.48. The average molecular weight is 330 g/mol. The standard InChI is InChI=1S/C12H28O6P2/c1-5-11(6-2,9-10-17-19(13)14)12(7-3,8-4)18-20(15)16/h19-20H,5-10H2,1-4H3,(H,13,14)(H,15,16). The molecule has 6 nitrogen and oxygen atoms in total. The van der Waals surface area contributed by atoms with Crippen LogP contribution in [0.2, 0.25) is 0 Å². The molecule has 0 fully saturated rings. The molecule has 0 aromatic rings. The van der Waals surface area contributed by atoms with E-state index in [1.165, 1.54) is 0 Å². The first-order valence-electron chi connectivity index (χ1n) is 7.10. The Morgan fingerprint density at radius 3 is 1.70 bits per heavy atom. The molecule has 2 N–H and O–H groups in total. The molecule has 122 valence electrons. The molecule has 0 aromatic carbocycles. The Morgan fingerprint density at radius 1 is 0.900 bits per heavy atom. The van der Waals surface area contributed by atoms with Crippen molar-refractivity contribution in [3.8, 4) is 0 Å². The summed E-state index contributed by atoms with van der Waals surface area (Å²) in [5.41, 5.74) is -1.06. The lowest BCUT2D eigenvalue weighted by Gasteiger charge is -2.49. The first kappa shape index (κ1) is 20.3. The van der Waals surface area contributed by atoms with Gasteiger partial charge in [-0.05, 0) is 32.1 Å². The van der Waals surface area contributed by atoms with E-state index in [0.29, 0.717) is 19.3 Å². The fourth-order valence-electron chi connectivity index (χ4n) is 3.23. The van der Waals surface area contributed by atoms with Crippen molar-refractivity contribution in [3.63, 3.8) is 0 Å². The highest BCUT2D eigenvalue weighted by Gasteiger charge is 2.48. The van der Waals surface area contributed by atoms with Gasteiger partial charge in [-0.3, -0.25) is 9.13 Å². The maximum absolute atomic E-state index is 11.2. The van der Waals surface area contributed by atoms with Crippen molar-refractivity contribution in [2.45, 2.75) is 65.4 Å². The second-order valence-corrected chi connectivity index (χ2v) is 6.48. The third-order valence-corrected chi connectivity index (χ3v) is 5.57. The molecule has 0 amide bonds. The van der Waals surface area contributed by atoms with Gasteiger partial charge in [0.25, 0.3) is 0 Å². The first-order chi connectivity index (χ1) is 9.33. The summed E-state index contributed by atoms with van der Waals surface area (Å²) in [7, 11) is -6.00. The highest BCUT2D eigenvalue weighted by atomic mass is 31.1. The number of hydrogen-bond donors (Lipinski definition) is 2. The molecule has 20 heavy (non-hydrogen) atoms. The van der Waals surface area contributed by atoms with Crippen molar-refractivity contribution >= 4 is 16.5 Å².